The number of imidazole rings is 1. The third kappa shape index (κ3) is 1.82. The maximum Gasteiger partial charge on any atom is 0.202 e. The monoisotopic (exact) mass is 223 g/mol. The molecule has 0 spiro atoms. The molecule has 1 saturated carbocycles. The second kappa shape index (κ2) is 4.09. The van der Waals surface area contributed by atoms with Crippen LogP contribution >= 0.6 is 0 Å². The normalized spacial score (nSPS) is 27.5. The Hall–Kier alpha value is -1.03. The molecule has 1 fully saturated rings. The summed E-state index contributed by atoms with van der Waals surface area (Å²) in [5.41, 5.74) is 0.183. The van der Waals surface area contributed by atoms with E-state index in [1.165, 1.54) is 0 Å². The van der Waals surface area contributed by atoms with Crippen LogP contribution in [0.25, 0.3) is 0 Å². The van der Waals surface area contributed by atoms with Crippen molar-refractivity contribution in [2.24, 2.45) is 12.5 Å². The van der Waals surface area contributed by atoms with Gasteiger partial charge >= 0.3 is 0 Å². The second-order valence-corrected chi connectivity index (χ2v) is 5.06. The Morgan fingerprint density at radius 3 is 2.88 bits per heavy atom. The van der Waals surface area contributed by atoms with Crippen LogP contribution in [-0.4, -0.2) is 28.3 Å². The van der Waals surface area contributed by atoms with Gasteiger partial charge in [-0.15, -0.1) is 0 Å². The summed E-state index contributed by atoms with van der Waals surface area (Å²) in [4.78, 5) is 4.29. The largest absolute Gasteiger partial charge is 0.378 e. The SMILES string of the molecule is CCOC1CC(Nc2nccn2C)C1(C)C. The van der Waals surface area contributed by atoms with E-state index >= 15 is 0 Å². The first-order valence-corrected chi connectivity index (χ1v) is 5.91. The lowest BCUT2D eigenvalue weighted by Crippen LogP contribution is -2.58. The molecule has 4 heteroatoms. The second-order valence-electron chi connectivity index (χ2n) is 5.06. The van der Waals surface area contributed by atoms with Gasteiger partial charge in [-0.1, -0.05) is 13.8 Å². The Morgan fingerprint density at radius 2 is 2.38 bits per heavy atom. The van der Waals surface area contributed by atoms with E-state index in [4.69, 9.17) is 4.74 Å². The molecule has 2 unspecified atom stereocenters. The van der Waals surface area contributed by atoms with Crippen molar-refractivity contribution in [3.63, 3.8) is 0 Å². The van der Waals surface area contributed by atoms with Crippen LogP contribution in [-0.2, 0) is 11.8 Å². The predicted octanol–water partition coefficient (Wildman–Crippen LogP) is 2.04. The van der Waals surface area contributed by atoms with Crippen LogP contribution in [0.1, 0.15) is 27.2 Å². The summed E-state index contributed by atoms with van der Waals surface area (Å²) in [5, 5.41) is 3.48. The number of ether oxygens (including phenoxy) is 1. The highest BCUT2D eigenvalue weighted by molar-refractivity contribution is 5.30. The standard InChI is InChI=1S/C12H21N3O/c1-5-16-10-8-9(12(10,2)3)14-11-13-6-7-15(11)4/h6-7,9-10H,5,8H2,1-4H3,(H,13,14). The molecule has 4 nitrogen and oxygen atoms in total. The molecule has 90 valence electrons. The lowest BCUT2D eigenvalue weighted by Gasteiger charge is -2.51. The molecule has 2 rings (SSSR count). The summed E-state index contributed by atoms with van der Waals surface area (Å²) in [5.74, 6) is 0.938. The van der Waals surface area contributed by atoms with Crippen molar-refractivity contribution in [3.05, 3.63) is 12.4 Å². The lowest BCUT2D eigenvalue weighted by molar-refractivity contribution is -0.0978. The van der Waals surface area contributed by atoms with Gasteiger partial charge in [0, 0.05) is 37.5 Å². The zero-order valence-electron chi connectivity index (χ0n) is 10.5. The summed E-state index contributed by atoms with van der Waals surface area (Å²) in [7, 11) is 2.00. The molecule has 1 aliphatic rings. The summed E-state index contributed by atoms with van der Waals surface area (Å²) in [6.07, 6.45) is 5.20. The van der Waals surface area contributed by atoms with Gasteiger partial charge in [0.25, 0.3) is 0 Å². The molecule has 0 amide bonds. The molecule has 0 aliphatic heterocycles. The van der Waals surface area contributed by atoms with Crippen molar-refractivity contribution >= 4 is 5.95 Å². The maximum absolute atomic E-state index is 5.71. The van der Waals surface area contributed by atoms with E-state index in [-0.39, 0.29) is 5.41 Å². The fourth-order valence-corrected chi connectivity index (χ4v) is 2.27. The van der Waals surface area contributed by atoms with Gasteiger partial charge in [0.2, 0.25) is 5.95 Å². The maximum atomic E-state index is 5.71. The van der Waals surface area contributed by atoms with Gasteiger partial charge < -0.3 is 14.6 Å². The Morgan fingerprint density at radius 1 is 1.62 bits per heavy atom. The van der Waals surface area contributed by atoms with Crippen LogP contribution in [0.5, 0.6) is 0 Å². The van der Waals surface area contributed by atoms with E-state index in [1.54, 1.807) is 0 Å². The van der Waals surface area contributed by atoms with Gasteiger partial charge in [0.15, 0.2) is 0 Å². The van der Waals surface area contributed by atoms with Crippen molar-refractivity contribution < 1.29 is 4.74 Å². The number of nitrogens with zero attached hydrogens (tertiary/aromatic N) is 2. The molecule has 1 aromatic heterocycles. The van der Waals surface area contributed by atoms with Gasteiger partial charge in [-0.05, 0) is 13.3 Å². The van der Waals surface area contributed by atoms with E-state index < -0.39 is 0 Å². The third-order valence-corrected chi connectivity index (χ3v) is 3.67. The number of nitrogens with one attached hydrogen (secondary N) is 1. The minimum atomic E-state index is 0.183. The van der Waals surface area contributed by atoms with E-state index in [9.17, 15) is 0 Å². The molecule has 16 heavy (non-hydrogen) atoms. The minimum absolute atomic E-state index is 0.183. The first-order valence-electron chi connectivity index (χ1n) is 5.91. The Labute approximate surface area is 97.0 Å². The van der Waals surface area contributed by atoms with E-state index in [0.29, 0.717) is 12.1 Å². The molecule has 0 saturated heterocycles. The third-order valence-electron chi connectivity index (χ3n) is 3.67. The lowest BCUT2D eigenvalue weighted by atomic mass is 9.64. The van der Waals surface area contributed by atoms with E-state index in [1.807, 2.05) is 24.0 Å². The van der Waals surface area contributed by atoms with Gasteiger partial charge in [-0.25, -0.2) is 4.98 Å². The molecule has 1 aliphatic carbocycles. The fourth-order valence-electron chi connectivity index (χ4n) is 2.27. The summed E-state index contributed by atoms with van der Waals surface area (Å²) in [6.45, 7) is 7.34. The summed E-state index contributed by atoms with van der Waals surface area (Å²) in [6, 6.07) is 0.449. The zero-order chi connectivity index (χ0) is 11.8. The highest BCUT2D eigenvalue weighted by Crippen LogP contribution is 2.44. The first kappa shape index (κ1) is 11.5. The van der Waals surface area contributed by atoms with Crippen molar-refractivity contribution in [3.8, 4) is 0 Å². The van der Waals surface area contributed by atoms with Gasteiger partial charge in [-0.3, -0.25) is 0 Å². The van der Waals surface area contributed by atoms with Crippen LogP contribution in [0.15, 0.2) is 12.4 Å². The molecule has 1 heterocycles. The highest BCUT2D eigenvalue weighted by atomic mass is 16.5. The molecular formula is C12H21N3O. The van der Waals surface area contributed by atoms with Crippen molar-refractivity contribution in [1.29, 1.82) is 0 Å². The Bertz CT molecular complexity index is 359. The molecule has 1 N–H and O–H groups in total. The molecule has 0 bridgehead atoms. The van der Waals surface area contributed by atoms with Crippen molar-refractivity contribution in [1.82, 2.24) is 9.55 Å². The van der Waals surface area contributed by atoms with Gasteiger partial charge in [-0.2, -0.15) is 0 Å². The number of aryl methyl sites for hydroxylation is 1. The van der Waals surface area contributed by atoms with Gasteiger partial charge in [0.1, 0.15) is 0 Å². The molecule has 0 radical (unpaired) electrons. The number of anilines is 1. The number of hydrogen-bond donors (Lipinski definition) is 1. The van der Waals surface area contributed by atoms with E-state index in [2.05, 4.69) is 31.1 Å². The minimum Gasteiger partial charge on any atom is -0.378 e. The van der Waals surface area contributed by atoms with E-state index in [0.717, 1.165) is 19.0 Å². The Balaban J connectivity index is 1.97. The average molecular weight is 223 g/mol. The van der Waals surface area contributed by atoms with Crippen LogP contribution < -0.4 is 5.32 Å². The van der Waals surface area contributed by atoms with Gasteiger partial charge in [0.05, 0.1) is 6.10 Å². The molecule has 0 aromatic carbocycles. The summed E-state index contributed by atoms with van der Waals surface area (Å²) < 4.78 is 7.71. The number of aromatic nitrogens is 2. The van der Waals surface area contributed by atoms with Crippen LogP contribution in [0.3, 0.4) is 0 Å². The molecule has 2 atom stereocenters. The summed E-state index contributed by atoms with van der Waals surface area (Å²) >= 11 is 0. The molecular weight excluding hydrogens is 202 g/mol. The first-order chi connectivity index (χ1) is 7.55. The van der Waals surface area contributed by atoms with Crippen LogP contribution in [0.2, 0.25) is 0 Å². The Kier molecular flexibility index (Phi) is 2.93. The predicted molar refractivity (Wildman–Crippen MR) is 64.4 cm³/mol. The van der Waals surface area contributed by atoms with Crippen LogP contribution in [0.4, 0.5) is 5.95 Å². The fraction of sp³-hybridized carbons (Fsp3) is 0.750. The van der Waals surface area contributed by atoms with Crippen LogP contribution in [0, 0.1) is 5.41 Å². The number of hydrogen-bond acceptors (Lipinski definition) is 3. The smallest absolute Gasteiger partial charge is 0.202 e. The highest BCUT2D eigenvalue weighted by Gasteiger charge is 2.49. The quantitative estimate of drug-likeness (QED) is 0.849. The zero-order valence-corrected chi connectivity index (χ0v) is 10.5. The topological polar surface area (TPSA) is 39.1 Å². The molecule has 1 aromatic rings. The number of rotatable bonds is 4. The average Bonchev–Trinajstić information content (AvgIpc) is 2.63. The van der Waals surface area contributed by atoms with Crippen molar-refractivity contribution in [2.45, 2.75) is 39.3 Å². The van der Waals surface area contributed by atoms with Crippen molar-refractivity contribution in [2.75, 3.05) is 11.9 Å².